The molecule has 0 aliphatic carbocycles. The van der Waals surface area contributed by atoms with E-state index >= 15 is 0 Å². The molecule has 0 spiro atoms. The summed E-state index contributed by atoms with van der Waals surface area (Å²) < 4.78 is 17.3. The van der Waals surface area contributed by atoms with Gasteiger partial charge in [-0.25, -0.2) is 4.79 Å². The number of amides is 1. The molecule has 144 valence electrons. The van der Waals surface area contributed by atoms with E-state index in [0.29, 0.717) is 6.61 Å². The highest BCUT2D eigenvalue weighted by molar-refractivity contribution is 5.68. The Labute approximate surface area is 156 Å². The number of benzene rings is 1. The van der Waals surface area contributed by atoms with Crippen molar-refractivity contribution in [2.45, 2.75) is 65.1 Å². The fourth-order valence-corrected chi connectivity index (χ4v) is 2.67. The van der Waals surface area contributed by atoms with Gasteiger partial charge in [0, 0.05) is 7.05 Å². The van der Waals surface area contributed by atoms with Crippen LogP contribution in [-0.4, -0.2) is 48.2 Å². The van der Waals surface area contributed by atoms with E-state index in [2.05, 4.69) is 31.2 Å². The van der Waals surface area contributed by atoms with Gasteiger partial charge in [-0.15, -0.1) is 0 Å². The lowest BCUT2D eigenvalue weighted by Gasteiger charge is -2.43. The summed E-state index contributed by atoms with van der Waals surface area (Å²) in [5, 5.41) is 0. The lowest BCUT2D eigenvalue weighted by atomic mass is 10.1. The third-order valence-corrected chi connectivity index (χ3v) is 4.14. The first-order valence-electron chi connectivity index (χ1n) is 8.99. The number of hydrogen-bond donors (Lipinski definition) is 0. The smallest absolute Gasteiger partial charge is 0.410 e. The molecule has 26 heavy (non-hydrogen) atoms. The molecule has 1 aliphatic heterocycles. The zero-order valence-electron chi connectivity index (χ0n) is 16.9. The van der Waals surface area contributed by atoms with Crippen LogP contribution in [0.15, 0.2) is 30.3 Å². The third-order valence-electron chi connectivity index (χ3n) is 4.14. The van der Waals surface area contributed by atoms with Gasteiger partial charge in [0.2, 0.25) is 0 Å². The fraction of sp³-hybridized carbons (Fsp3) is 0.571. The van der Waals surface area contributed by atoms with Crippen LogP contribution in [-0.2, 0) is 14.2 Å². The molecule has 1 fully saturated rings. The van der Waals surface area contributed by atoms with Crippen molar-refractivity contribution in [3.8, 4) is 0 Å². The normalized spacial score (nSPS) is 23.0. The number of carbonyl (C=O) groups is 1. The predicted octanol–water partition coefficient (Wildman–Crippen LogP) is 4.40. The van der Waals surface area contributed by atoms with E-state index in [4.69, 9.17) is 14.2 Å². The second-order valence-electron chi connectivity index (χ2n) is 8.22. The van der Waals surface area contributed by atoms with Crippen molar-refractivity contribution in [3.05, 3.63) is 41.5 Å². The summed E-state index contributed by atoms with van der Waals surface area (Å²) in [5.41, 5.74) is 1.75. The summed E-state index contributed by atoms with van der Waals surface area (Å²) >= 11 is 0. The van der Waals surface area contributed by atoms with Crippen molar-refractivity contribution in [2.24, 2.45) is 0 Å². The average molecular weight is 361 g/mol. The average Bonchev–Trinajstić information content (AvgIpc) is 2.51. The van der Waals surface area contributed by atoms with Gasteiger partial charge in [0.1, 0.15) is 11.7 Å². The Kier molecular flexibility index (Phi) is 6.14. The maximum atomic E-state index is 12.4. The molecule has 0 aromatic heterocycles. The Hall–Kier alpha value is -1.85. The lowest BCUT2D eigenvalue weighted by molar-refractivity contribution is -0.280. The number of likely N-dealkylation sites (N-methyl/N-ethyl adjacent to an activating group) is 1. The van der Waals surface area contributed by atoms with E-state index in [9.17, 15) is 4.79 Å². The van der Waals surface area contributed by atoms with Crippen LogP contribution in [0, 0.1) is 6.92 Å². The van der Waals surface area contributed by atoms with Crippen LogP contribution in [0.5, 0.6) is 0 Å². The van der Waals surface area contributed by atoms with Gasteiger partial charge in [-0.2, -0.15) is 0 Å². The number of rotatable bonds is 3. The fourth-order valence-electron chi connectivity index (χ4n) is 2.67. The van der Waals surface area contributed by atoms with Crippen LogP contribution in [0.2, 0.25) is 0 Å². The van der Waals surface area contributed by atoms with E-state index in [1.807, 2.05) is 46.8 Å². The van der Waals surface area contributed by atoms with Gasteiger partial charge >= 0.3 is 6.09 Å². The summed E-state index contributed by atoms with van der Waals surface area (Å²) in [6.45, 7) is 11.8. The van der Waals surface area contributed by atoms with Crippen molar-refractivity contribution >= 4 is 12.2 Å². The molecule has 5 nitrogen and oxygen atoms in total. The Bertz CT molecular complexity index is 643. The third kappa shape index (κ3) is 5.85. The van der Waals surface area contributed by atoms with Gasteiger partial charge in [0.25, 0.3) is 0 Å². The molecule has 1 amide bonds. The Morgan fingerprint density at radius 2 is 1.88 bits per heavy atom. The van der Waals surface area contributed by atoms with Crippen LogP contribution in [0.4, 0.5) is 4.79 Å². The summed E-state index contributed by atoms with van der Waals surface area (Å²) in [5.74, 6) is -0.701. The first-order chi connectivity index (χ1) is 12.0. The topological polar surface area (TPSA) is 48.0 Å². The molecular weight excluding hydrogens is 330 g/mol. The van der Waals surface area contributed by atoms with Gasteiger partial charge in [0.05, 0.1) is 12.6 Å². The second-order valence-corrected chi connectivity index (χ2v) is 8.22. The van der Waals surface area contributed by atoms with E-state index in [0.717, 1.165) is 5.56 Å². The molecule has 0 bridgehead atoms. The van der Waals surface area contributed by atoms with Gasteiger partial charge in [-0.3, -0.25) is 0 Å². The first-order valence-corrected chi connectivity index (χ1v) is 8.99. The molecular formula is C21H31NO4. The van der Waals surface area contributed by atoms with E-state index in [1.165, 1.54) is 5.56 Å². The number of ether oxygens (including phenoxy) is 3. The first kappa shape index (κ1) is 20.5. The molecule has 1 unspecified atom stereocenters. The summed E-state index contributed by atoms with van der Waals surface area (Å²) in [4.78, 5) is 14.0. The number of nitrogens with zero attached hydrogens (tertiary/aromatic N) is 1. The quantitative estimate of drug-likeness (QED) is 0.801. The summed E-state index contributed by atoms with van der Waals surface area (Å²) in [6.07, 6.45) is 3.32. The van der Waals surface area contributed by atoms with Crippen LogP contribution in [0.1, 0.15) is 45.7 Å². The zero-order chi connectivity index (χ0) is 19.5. The van der Waals surface area contributed by atoms with Crippen molar-refractivity contribution in [1.29, 1.82) is 0 Å². The van der Waals surface area contributed by atoms with Crippen molar-refractivity contribution in [1.82, 2.24) is 4.90 Å². The molecule has 0 saturated carbocycles. The Balaban J connectivity index is 2.17. The van der Waals surface area contributed by atoms with Gasteiger partial charge < -0.3 is 19.1 Å². The minimum absolute atomic E-state index is 0.264. The van der Waals surface area contributed by atoms with Crippen LogP contribution < -0.4 is 0 Å². The highest BCUT2D eigenvalue weighted by Crippen LogP contribution is 2.27. The number of aryl methyl sites for hydroxylation is 1. The maximum absolute atomic E-state index is 12.4. The largest absolute Gasteiger partial charge is 0.444 e. The molecule has 2 rings (SSSR count). The highest BCUT2D eigenvalue weighted by Gasteiger charge is 2.39. The molecule has 1 aliphatic rings. The SMILES string of the molecule is Cc1ccc(/C=C/[C@H]2OC(C)(C)OCC2N(C)C(=O)OC(C)(C)C)cc1. The van der Waals surface area contributed by atoms with Crippen LogP contribution >= 0.6 is 0 Å². The molecule has 0 radical (unpaired) electrons. The number of hydrogen-bond acceptors (Lipinski definition) is 4. The van der Waals surface area contributed by atoms with Crippen molar-refractivity contribution < 1.29 is 19.0 Å². The van der Waals surface area contributed by atoms with Crippen molar-refractivity contribution in [2.75, 3.05) is 13.7 Å². The molecule has 1 aromatic rings. The van der Waals surface area contributed by atoms with Crippen LogP contribution in [0.3, 0.4) is 0 Å². The molecule has 0 N–H and O–H groups in total. The predicted molar refractivity (Wildman–Crippen MR) is 103 cm³/mol. The standard InChI is InChI=1S/C21H31NO4/c1-15-8-10-16(11-9-15)12-13-18-17(14-24-21(5,6)25-18)22(7)19(23)26-20(2,3)4/h8-13,17-18H,14H2,1-7H3/b13-12+/t17?,18-/m1/s1. The van der Waals surface area contributed by atoms with Gasteiger partial charge in [0.15, 0.2) is 5.79 Å². The maximum Gasteiger partial charge on any atom is 0.410 e. The summed E-state index contributed by atoms with van der Waals surface area (Å²) in [7, 11) is 1.72. The van der Waals surface area contributed by atoms with Gasteiger partial charge in [-0.1, -0.05) is 42.0 Å². The number of carbonyl (C=O) groups excluding carboxylic acids is 1. The zero-order valence-corrected chi connectivity index (χ0v) is 16.9. The Morgan fingerprint density at radius 1 is 1.27 bits per heavy atom. The van der Waals surface area contributed by atoms with E-state index in [-0.39, 0.29) is 18.2 Å². The highest BCUT2D eigenvalue weighted by atomic mass is 16.7. The minimum atomic E-state index is -0.701. The molecule has 1 heterocycles. The van der Waals surface area contributed by atoms with Crippen molar-refractivity contribution in [3.63, 3.8) is 0 Å². The molecule has 1 saturated heterocycles. The van der Waals surface area contributed by atoms with E-state index < -0.39 is 11.4 Å². The van der Waals surface area contributed by atoms with E-state index in [1.54, 1.807) is 11.9 Å². The Morgan fingerprint density at radius 3 is 2.46 bits per heavy atom. The van der Waals surface area contributed by atoms with Crippen LogP contribution in [0.25, 0.3) is 6.08 Å². The molecule has 2 atom stereocenters. The minimum Gasteiger partial charge on any atom is -0.444 e. The molecule has 5 heteroatoms. The lowest BCUT2D eigenvalue weighted by Crippen LogP contribution is -2.56. The van der Waals surface area contributed by atoms with Gasteiger partial charge in [-0.05, 0) is 47.1 Å². The second kappa shape index (κ2) is 7.80. The monoisotopic (exact) mass is 361 g/mol. The molecule has 1 aromatic carbocycles. The summed E-state index contributed by atoms with van der Waals surface area (Å²) in [6, 6.07) is 7.99.